The van der Waals surface area contributed by atoms with Crippen LogP contribution in [0, 0.1) is 6.92 Å². The van der Waals surface area contributed by atoms with E-state index in [0.29, 0.717) is 0 Å². The minimum absolute atomic E-state index is 0.765. The minimum Gasteiger partial charge on any atom is -0.366 e. The number of nitrogens with zero attached hydrogens (tertiary/aromatic N) is 4. The molecule has 28 heavy (non-hydrogen) atoms. The Bertz CT molecular complexity index is 871. The van der Waals surface area contributed by atoms with Crippen LogP contribution < -0.4 is 10.2 Å². The molecule has 0 aliphatic carbocycles. The largest absolute Gasteiger partial charge is 0.366 e. The van der Waals surface area contributed by atoms with Gasteiger partial charge in [0.25, 0.3) is 0 Å². The maximum Gasteiger partial charge on any atom is 0.227 e. The lowest BCUT2D eigenvalue weighted by Gasteiger charge is -2.34. The molecule has 1 saturated heterocycles. The molecular weight excluding hydrogens is 346 g/mol. The third-order valence-electron chi connectivity index (χ3n) is 5.14. The number of benzene rings is 2. The van der Waals surface area contributed by atoms with E-state index in [1.165, 1.54) is 16.7 Å². The molecule has 5 heteroatoms. The Hall–Kier alpha value is -2.92. The van der Waals surface area contributed by atoms with Crippen molar-refractivity contribution in [3.63, 3.8) is 0 Å². The molecular formula is C23H27N5. The molecule has 0 amide bonds. The molecule has 5 nitrogen and oxygen atoms in total. The van der Waals surface area contributed by atoms with Crippen molar-refractivity contribution >= 4 is 11.8 Å². The molecule has 0 bridgehead atoms. The molecule has 144 valence electrons. The lowest BCUT2D eigenvalue weighted by molar-refractivity contribution is 0.248. The van der Waals surface area contributed by atoms with E-state index in [9.17, 15) is 0 Å². The fourth-order valence-corrected chi connectivity index (χ4v) is 3.45. The SMILES string of the molecule is Cc1ccc(CNc2ccnc(N3CCN(Cc4ccccc4)CC3)n2)cc1. The fourth-order valence-electron chi connectivity index (χ4n) is 3.45. The standard InChI is InChI=1S/C23H27N5/c1-19-7-9-20(10-8-19)17-25-22-11-12-24-23(26-22)28-15-13-27(14-16-28)18-21-5-3-2-4-6-21/h2-12H,13-18H2,1H3,(H,24,25,26). The quantitative estimate of drug-likeness (QED) is 0.713. The Morgan fingerprint density at radius 1 is 0.857 bits per heavy atom. The zero-order valence-corrected chi connectivity index (χ0v) is 16.4. The molecule has 4 rings (SSSR count). The molecule has 2 heterocycles. The lowest BCUT2D eigenvalue weighted by Crippen LogP contribution is -2.46. The number of anilines is 2. The van der Waals surface area contributed by atoms with Crippen molar-refractivity contribution in [1.29, 1.82) is 0 Å². The van der Waals surface area contributed by atoms with E-state index in [0.717, 1.165) is 51.0 Å². The molecule has 0 radical (unpaired) electrons. The number of aromatic nitrogens is 2. The van der Waals surface area contributed by atoms with Crippen LogP contribution in [-0.2, 0) is 13.1 Å². The summed E-state index contributed by atoms with van der Waals surface area (Å²) in [6.45, 7) is 7.84. The van der Waals surface area contributed by atoms with E-state index in [4.69, 9.17) is 4.98 Å². The Labute approximate surface area is 167 Å². The third-order valence-corrected chi connectivity index (χ3v) is 5.14. The second kappa shape index (κ2) is 8.85. The van der Waals surface area contributed by atoms with Gasteiger partial charge in [-0.1, -0.05) is 60.2 Å². The molecule has 0 unspecified atom stereocenters. The van der Waals surface area contributed by atoms with Crippen LogP contribution in [0.25, 0.3) is 0 Å². The van der Waals surface area contributed by atoms with Crippen molar-refractivity contribution in [2.24, 2.45) is 0 Å². The Balaban J connectivity index is 1.31. The maximum atomic E-state index is 4.72. The summed E-state index contributed by atoms with van der Waals surface area (Å²) in [4.78, 5) is 14.0. The monoisotopic (exact) mass is 373 g/mol. The van der Waals surface area contributed by atoms with Gasteiger partial charge in [-0.3, -0.25) is 4.90 Å². The topological polar surface area (TPSA) is 44.3 Å². The first kappa shape index (κ1) is 18.4. The average Bonchev–Trinajstić information content (AvgIpc) is 2.75. The van der Waals surface area contributed by atoms with Gasteiger partial charge >= 0.3 is 0 Å². The first-order chi connectivity index (χ1) is 13.8. The zero-order chi connectivity index (χ0) is 19.2. The first-order valence-electron chi connectivity index (χ1n) is 9.90. The van der Waals surface area contributed by atoms with Gasteiger partial charge in [0.05, 0.1) is 0 Å². The van der Waals surface area contributed by atoms with Gasteiger partial charge in [0.2, 0.25) is 5.95 Å². The summed E-state index contributed by atoms with van der Waals surface area (Å²) < 4.78 is 0. The van der Waals surface area contributed by atoms with Crippen LogP contribution in [0.15, 0.2) is 66.9 Å². The summed E-state index contributed by atoms with van der Waals surface area (Å²) in [7, 11) is 0. The number of piperazine rings is 1. The van der Waals surface area contributed by atoms with Crippen LogP contribution in [0.2, 0.25) is 0 Å². The molecule has 1 N–H and O–H groups in total. The van der Waals surface area contributed by atoms with Gasteiger partial charge in [0.1, 0.15) is 5.82 Å². The number of rotatable bonds is 6. The molecule has 1 aliphatic heterocycles. The average molecular weight is 374 g/mol. The van der Waals surface area contributed by atoms with E-state index in [2.05, 4.69) is 81.6 Å². The predicted octanol–water partition coefficient (Wildman–Crippen LogP) is 3.72. The number of hydrogen-bond donors (Lipinski definition) is 1. The Kier molecular flexibility index (Phi) is 5.83. The highest BCUT2D eigenvalue weighted by Crippen LogP contribution is 2.16. The van der Waals surface area contributed by atoms with Crippen molar-refractivity contribution in [3.8, 4) is 0 Å². The van der Waals surface area contributed by atoms with E-state index in [1.807, 2.05) is 12.3 Å². The molecule has 3 aromatic rings. The molecule has 0 saturated carbocycles. The highest BCUT2D eigenvalue weighted by molar-refractivity contribution is 5.42. The molecule has 1 aromatic heterocycles. The van der Waals surface area contributed by atoms with E-state index < -0.39 is 0 Å². The van der Waals surface area contributed by atoms with E-state index in [1.54, 1.807) is 0 Å². The second-order valence-electron chi connectivity index (χ2n) is 7.33. The van der Waals surface area contributed by atoms with Crippen LogP contribution in [0.5, 0.6) is 0 Å². The molecule has 1 aliphatic rings. The van der Waals surface area contributed by atoms with Gasteiger partial charge in [0, 0.05) is 45.5 Å². The summed E-state index contributed by atoms with van der Waals surface area (Å²) in [6, 6.07) is 21.2. The summed E-state index contributed by atoms with van der Waals surface area (Å²) in [6.07, 6.45) is 1.84. The summed E-state index contributed by atoms with van der Waals surface area (Å²) in [5.74, 6) is 1.69. The molecule has 0 spiro atoms. The predicted molar refractivity (Wildman–Crippen MR) is 114 cm³/mol. The van der Waals surface area contributed by atoms with E-state index >= 15 is 0 Å². The van der Waals surface area contributed by atoms with Gasteiger partial charge in [-0.05, 0) is 24.1 Å². The zero-order valence-electron chi connectivity index (χ0n) is 16.4. The van der Waals surface area contributed by atoms with E-state index in [-0.39, 0.29) is 0 Å². The van der Waals surface area contributed by atoms with Crippen molar-refractivity contribution in [1.82, 2.24) is 14.9 Å². The maximum absolute atomic E-state index is 4.72. The van der Waals surface area contributed by atoms with Crippen molar-refractivity contribution in [2.45, 2.75) is 20.0 Å². The number of hydrogen-bond acceptors (Lipinski definition) is 5. The lowest BCUT2D eigenvalue weighted by atomic mass is 10.1. The number of aryl methyl sites for hydroxylation is 1. The van der Waals surface area contributed by atoms with Crippen LogP contribution >= 0.6 is 0 Å². The van der Waals surface area contributed by atoms with Crippen LogP contribution in [-0.4, -0.2) is 41.0 Å². The third kappa shape index (κ3) is 4.87. The highest BCUT2D eigenvalue weighted by atomic mass is 15.3. The highest BCUT2D eigenvalue weighted by Gasteiger charge is 2.19. The van der Waals surface area contributed by atoms with Crippen LogP contribution in [0.4, 0.5) is 11.8 Å². The second-order valence-corrected chi connectivity index (χ2v) is 7.33. The smallest absolute Gasteiger partial charge is 0.227 e. The number of nitrogens with one attached hydrogen (secondary N) is 1. The van der Waals surface area contributed by atoms with Gasteiger partial charge in [-0.2, -0.15) is 4.98 Å². The first-order valence-corrected chi connectivity index (χ1v) is 9.90. The van der Waals surface area contributed by atoms with Crippen LogP contribution in [0.3, 0.4) is 0 Å². The molecule has 1 fully saturated rings. The van der Waals surface area contributed by atoms with Gasteiger partial charge in [-0.15, -0.1) is 0 Å². The normalized spacial score (nSPS) is 14.8. The molecule has 0 atom stereocenters. The molecule has 2 aromatic carbocycles. The van der Waals surface area contributed by atoms with Gasteiger partial charge < -0.3 is 10.2 Å². The summed E-state index contributed by atoms with van der Waals surface area (Å²) in [5.41, 5.74) is 3.90. The minimum atomic E-state index is 0.765. The van der Waals surface area contributed by atoms with Gasteiger partial charge in [-0.25, -0.2) is 4.98 Å². The summed E-state index contributed by atoms with van der Waals surface area (Å²) in [5, 5.41) is 3.41. The Morgan fingerprint density at radius 3 is 2.36 bits per heavy atom. The van der Waals surface area contributed by atoms with Gasteiger partial charge in [0.15, 0.2) is 0 Å². The van der Waals surface area contributed by atoms with Crippen molar-refractivity contribution < 1.29 is 0 Å². The van der Waals surface area contributed by atoms with Crippen molar-refractivity contribution in [3.05, 3.63) is 83.6 Å². The fraction of sp³-hybridized carbons (Fsp3) is 0.304. The van der Waals surface area contributed by atoms with Crippen LogP contribution in [0.1, 0.15) is 16.7 Å². The summed E-state index contributed by atoms with van der Waals surface area (Å²) >= 11 is 0. The Morgan fingerprint density at radius 2 is 1.61 bits per heavy atom. The van der Waals surface area contributed by atoms with Crippen molar-refractivity contribution in [2.75, 3.05) is 36.4 Å².